The molecule has 3 N–H and O–H groups in total. The van der Waals surface area contributed by atoms with Crippen molar-refractivity contribution < 1.29 is 4.92 Å². The van der Waals surface area contributed by atoms with E-state index in [-0.39, 0.29) is 17.5 Å². The summed E-state index contributed by atoms with van der Waals surface area (Å²) in [5, 5.41) is 18.2. The molecule has 0 saturated carbocycles. The van der Waals surface area contributed by atoms with Crippen LogP contribution in [0, 0.1) is 10.1 Å². The summed E-state index contributed by atoms with van der Waals surface area (Å²) in [6.07, 6.45) is 2.98. The van der Waals surface area contributed by atoms with Gasteiger partial charge in [0.15, 0.2) is 0 Å². The van der Waals surface area contributed by atoms with Gasteiger partial charge in [0, 0.05) is 30.9 Å². The standard InChI is InChI=1S/C15H15N7O2/c1-21-9-11(13(20-21)10-5-3-2-4-6-10)7-17-15-18-8-12(22(23)24)14(16)19-15/h2-6,8-9H,7H2,1H3,(H3,16,17,18,19). The molecule has 9 heteroatoms. The Balaban J connectivity index is 1.81. The van der Waals surface area contributed by atoms with Gasteiger partial charge in [0.25, 0.3) is 0 Å². The minimum Gasteiger partial charge on any atom is -0.378 e. The van der Waals surface area contributed by atoms with E-state index in [1.165, 1.54) is 0 Å². The molecule has 2 aromatic heterocycles. The lowest BCUT2D eigenvalue weighted by atomic mass is 10.1. The van der Waals surface area contributed by atoms with Crippen LogP contribution in [-0.2, 0) is 13.6 Å². The molecule has 0 aliphatic carbocycles. The van der Waals surface area contributed by atoms with E-state index in [1.807, 2.05) is 43.6 Å². The molecule has 24 heavy (non-hydrogen) atoms. The van der Waals surface area contributed by atoms with Gasteiger partial charge >= 0.3 is 5.69 Å². The van der Waals surface area contributed by atoms with Crippen molar-refractivity contribution in [1.29, 1.82) is 0 Å². The van der Waals surface area contributed by atoms with Crippen LogP contribution in [0.3, 0.4) is 0 Å². The molecular formula is C15H15N7O2. The van der Waals surface area contributed by atoms with Gasteiger partial charge in [0.2, 0.25) is 11.8 Å². The first-order valence-electron chi connectivity index (χ1n) is 7.13. The molecule has 3 aromatic rings. The lowest BCUT2D eigenvalue weighted by molar-refractivity contribution is -0.384. The highest BCUT2D eigenvalue weighted by atomic mass is 16.6. The molecule has 122 valence electrons. The number of hydrogen-bond acceptors (Lipinski definition) is 7. The number of nitrogen functional groups attached to an aromatic ring is 1. The number of benzene rings is 1. The van der Waals surface area contributed by atoms with Crippen LogP contribution in [0.25, 0.3) is 11.3 Å². The zero-order chi connectivity index (χ0) is 17.1. The van der Waals surface area contributed by atoms with E-state index in [4.69, 9.17) is 5.73 Å². The number of anilines is 2. The molecule has 0 aliphatic heterocycles. The number of nitrogens with one attached hydrogen (secondary N) is 1. The number of aromatic nitrogens is 4. The van der Waals surface area contributed by atoms with Gasteiger partial charge in [-0.05, 0) is 0 Å². The predicted molar refractivity (Wildman–Crippen MR) is 89.1 cm³/mol. The van der Waals surface area contributed by atoms with Crippen molar-refractivity contribution in [3.63, 3.8) is 0 Å². The molecule has 0 amide bonds. The number of nitrogens with two attached hydrogens (primary N) is 1. The molecular weight excluding hydrogens is 310 g/mol. The third-order valence-corrected chi connectivity index (χ3v) is 3.38. The Labute approximate surface area is 137 Å². The van der Waals surface area contributed by atoms with Crippen LogP contribution in [-0.4, -0.2) is 24.7 Å². The Kier molecular flexibility index (Phi) is 4.06. The second-order valence-electron chi connectivity index (χ2n) is 5.12. The quantitative estimate of drug-likeness (QED) is 0.542. The van der Waals surface area contributed by atoms with E-state index >= 15 is 0 Å². The zero-order valence-electron chi connectivity index (χ0n) is 12.9. The van der Waals surface area contributed by atoms with Gasteiger partial charge in [0.05, 0.1) is 10.6 Å². The highest BCUT2D eigenvalue weighted by Crippen LogP contribution is 2.23. The fourth-order valence-corrected chi connectivity index (χ4v) is 2.29. The smallest absolute Gasteiger partial charge is 0.329 e. The number of rotatable bonds is 5. The second kappa shape index (κ2) is 6.32. The first-order chi connectivity index (χ1) is 11.5. The summed E-state index contributed by atoms with van der Waals surface area (Å²) < 4.78 is 1.73. The molecule has 0 unspecified atom stereocenters. The van der Waals surface area contributed by atoms with Crippen molar-refractivity contribution in [2.75, 3.05) is 11.1 Å². The highest BCUT2D eigenvalue weighted by molar-refractivity contribution is 5.63. The maximum Gasteiger partial charge on any atom is 0.329 e. The average Bonchev–Trinajstić information content (AvgIpc) is 2.94. The van der Waals surface area contributed by atoms with Crippen molar-refractivity contribution in [2.45, 2.75) is 6.54 Å². The number of nitro groups is 1. The van der Waals surface area contributed by atoms with Gasteiger partial charge in [-0.15, -0.1) is 0 Å². The lowest BCUT2D eigenvalue weighted by Crippen LogP contribution is -2.07. The molecule has 0 spiro atoms. The zero-order valence-corrected chi connectivity index (χ0v) is 12.9. The summed E-state index contributed by atoms with van der Waals surface area (Å²) in [4.78, 5) is 17.9. The van der Waals surface area contributed by atoms with Crippen LogP contribution in [0.15, 0.2) is 42.7 Å². The fourth-order valence-electron chi connectivity index (χ4n) is 2.29. The molecule has 0 fully saturated rings. The van der Waals surface area contributed by atoms with Crippen molar-refractivity contribution in [3.05, 3.63) is 58.4 Å². The Morgan fingerprint density at radius 1 is 1.33 bits per heavy atom. The first kappa shape index (κ1) is 15.4. The van der Waals surface area contributed by atoms with E-state index in [2.05, 4.69) is 20.4 Å². The van der Waals surface area contributed by atoms with Crippen LogP contribution < -0.4 is 11.1 Å². The molecule has 0 radical (unpaired) electrons. The molecule has 0 aliphatic rings. The SMILES string of the molecule is Cn1cc(CNc2ncc([N+](=O)[O-])c(N)n2)c(-c2ccccc2)n1. The summed E-state index contributed by atoms with van der Waals surface area (Å²) in [7, 11) is 1.84. The van der Waals surface area contributed by atoms with Crippen molar-refractivity contribution in [2.24, 2.45) is 7.05 Å². The Morgan fingerprint density at radius 2 is 2.08 bits per heavy atom. The Bertz CT molecular complexity index is 877. The van der Waals surface area contributed by atoms with Gasteiger partial charge in [-0.2, -0.15) is 10.1 Å². The van der Waals surface area contributed by atoms with Gasteiger partial charge in [-0.25, -0.2) is 4.98 Å². The van der Waals surface area contributed by atoms with E-state index in [1.54, 1.807) is 4.68 Å². The number of nitrogens with zero attached hydrogens (tertiary/aromatic N) is 5. The maximum absolute atomic E-state index is 10.7. The predicted octanol–water partition coefficient (Wildman–Crippen LogP) is 1.98. The summed E-state index contributed by atoms with van der Waals surface area (Å²) in [6.45, 7) is 0.412. The lowest BCUT2D eigenvalue weighted by Gasteiger charge is -2.06. The Morgan fingerprint density at radius 3 is 2.75 bits per heavy atom. The molecule has 9 nitrogen and oxygen atoms in total. The Hall–Kier alpha value is -3.49. The summed E-state index contributed by atoms with van der Waals surface area (Å²) in [5.74, 6) is 0.0490. The summed E-state index contributed by atoms with van der Waals surface area (Å²) in [5.41, 5.74) is 8.05. The normalized spacial score (nSPS) is 10.5. The van der Waals surface area contributed by atoms with Crippen LogP contribution >= 0.6 is 0 Å². The van der Waals surface area contributed by atoms with Crippen LogP contribution in [0.1, 0.15) is 5.56 Å². The van der Waals surface area contributed by atoms with Crippen molar-refractivity contribution in [3.8, 4) is 11.3 Å². The molecule has 0 saturated heterocycles. The van der Waals surface area contributed by atoms with Crippen LogP contribution in [0.2, 0.25) is 0 Å². The van der Waals surface area contributed by atoms with Crippen molar-refractivity contribution >= 4 is 17.5 Å². The van der Waals surface area contributed by atoms with E-state index in [0.717, 1.165) is 23.0 Å². The minimum absolute atomic E-state index is 0.174. The van der Waals surface area contributed by atoms with Gasteiger partial charge in [-0.1, -0.05) is 30.3 Å². The summed E-state index contributed by atoms with van der Waals surface area (Å²) in [6, 6.07) is 9.79. The second-order valence-corrected chi connectivity index (χ2v) is 5.12. The molecule has 0 bridgehead atoms. The van der Waals surface area contributed by atoms with E-state index in [0.29, 0.717) is 6.54 Å². The molecule has 1 aromatic carbocycles. The maximum atomic E-state index is 10.7. The third-order valence-electron chi connectivity index (χ3n) is 3.38. The van der Waals surface area contributed by atoms with E-state index in [9.17, 15) is 10.1 Å². The van der Waals surface area contributed by atoms with Crippen LogP contribution in [0.4, 0.5) is 17.5 Å². The summed E-state index contributed by atoms with van der Waals surface area (Å²) >= 11 is 0. The molecule has 2 heterocycles. The third kappa shape index (κ3) is 3.14. The first-order valence-corrected chi connectivity index (χ1v) is 7.13. The van der Waals surface area contributed by atoms with Crippen molar-refractivity contribution in [1.82, 2.24) is 19.7 Å². The van der Waals surface area contributed by atoms with Crippen LogP contribution in [0.5, 0.6) is 0 Å². The number of hydrogen-bond donors (Lipinski definition) is 2. The van der Waals surface area contributed by atoms with Gasteiger partial charge in [-0.3, -0.25) is 14.8 Å². The number of aryl methyl sites for hydroxylation is 1. The topological polar surface area (TPSA) is 125 Å². The van der Waals surface area contributed by atoms with Gasteiger partial charge in [0.1, 0.15) is 6.20 Å². The monoisotopic (exact) mass is 325 g/mol. The molecule has 0 atom stereocenters. The molecule has 3 rings (SSSR count). The average molecular weight is 325 g/mol. The fraction of sp³-hybridized carbons (Fsp3) is 0.133. The largest absolute Gasteiger partial charge is 0.378 e. The minimum atomic E-state index is -0.617. The highest BCUT2D eigenvalue weighted by Gasteiger charge is 2.15. The van der Waals surface area contributed by atoms with E-state index < -0.39 is 4.92 Å². The van der Waals surface area contributed by atoms with Gasteiger partial charge < -0.3 is 11.1 Å².